The Morgan fingerprint density at radius 1 is 1.44 bits per heavy atom. The summed E-state index contributed by atoms with van der Waals surface area (Å²) in [5, 5.41) is 0. The molecule has 0 radical (unpaired) electrons. The number of nitrogens with zero attached hydrogens (tertiary/aromatic N) is 2. The molecule has 0 bridgehead atoms. The highest BCUT2D eigenvalue weighted by molar-refractivity contribution is 9.10. The molecule has 5 nitrogen and oxygen atoms in total. The number of hydrogen-bond donors (Lipinski definition) is 1. The number of aromatic nitrogens is 3. The predicted octanol–water partition coefficient (Wildman–Crippen LogP) is 1.60. The lowest BCUT2D eigenvalue weighted by Gasteiger charge is -2.02. The van der Waals surface area contributed by atoms with Crippen molar-refractivity contribution in [2.75, 3.05) is 7.11 Å². The summed E-state index contributed by atoms with van der Waals surface area (Å²) in [4.78, 5) is 22.2. The molecule has 0 spiro atoms. The Balaban J connectivity index is 2.50. The molecule has 0 saturated carbocycles. The van der Waals surface area contributed by atoms with E-state index in [1.54, 1.807) is 18.2 Å². The minimum atomic E-state index is -0.241. The first kappa shape index (κ1) is 10.8. The summed E-state index contributed by atoms with van der Waals surface area (Å²) in [5.74, 6) is 0.884. The van der Waals surface area contributed by atoms with Crippen LogP contribution in [0.25, 0.3) is 11.5 Å². The molecule has 0 saturated heterocycles. The van der Waals surface area contributed by atoms with Gasteiger partial charge in [-0.15, -0.1) is 0 Å². The number of ether oxygens (including phenoxy) is 1. The lowest BCUT2D eigenvalue weighted by Crippen LogP contribution is -2.09. The van der Waals surface area contributed by atoms with Gasteiger partial charge in [-0.2, -0.15) is 0 Å². The van der Waals surface area contributed by atoms with Crippen LogP contribution in [0.2, 0.25) is 0 Å². The van der Waals surface area contributed by atoms with E-state index in [9.17, 15) is 4.79 Å². The molecule has 1 N–H and O–H groups in total. The van der Waals surface area contributed by atoms with Gasteiger partial charge in [-0.3, -0.25) is 4.79 Å². The van der Waals surface area contributed by atoms with Crippen molar-refractivity contribution in [2.45, 2.75) is 0 Å². The molecule has 2 aromatic rings. The quantitative estimate of drug-likeness (QED) is 0.908. The van der Waals surface area contributed by atoms with Crippen LogP contribution in [0.3, 0.4) is 0 Å². The normalized spacial score (nSPS) is 10.1. The van der Waals surface area contributed by atoms with Gasteiger partial charge in [-0.25, -0.2) is 9.97 Å². The average molecular weight is 282 g/mol. The zero-order valence-electron chi connectivity index (χ0n) is 8.40. The smallest absolute Gasteiger partial charge is 0.265 e. The summed E-state index contributed by atoms with van der Waals surface area (Å²) in [6.45, 7) is 0. The second-order valence-electron chi connectivity index (χ2n) is 2.97. The van der Waals surface area contributed by atoms with E-state index in [-0.39, 0.29) is 5.56 Å². The first-order chi connectivity index (χ1) is 7.70. The molecule has 2 heterocycles. The van der Waals surface area contributed by atoms with Crippen LogP contribution in [-0.2, 0) is 0 Å². The molecule has 0 unspecified atom stereocenters. The van der Waals surface area contributed by atoms with Crippen molar-refractivity contribution in [1.29, 1.82) is 0 Å². The second-order valence-corrected chi connectivity index (χ2v) is 3.83. The fourth-order valence-electron chi connectivity index (χ4n) is 1.17. The predicted molar refractivity (Wildman–Crippen MR) is 62.3 cm³/mol. The first-order valence-corrected chi connectivity index (χ1v) is 5.26. The lowest BCUT2D eigenvalue weighted by molar-refractivity contribution is 0.398. The minimum Gasteiger partial charge on any atom is -0.481 e. The number of pyridine rings is 1. The van der Waals surface area contributed by atoms with E-state index in [4.69, 9.17) is 4.74 Å². The van der Waals surface area contributed by atoms with E-state index < -0.39 is 0 Å². The number of nitrogens with one attached hydrogen (secondary N) is 1. The third-order valence-corrected chi connectivity index (χ3v) is 2.50. The van der Waals surface area contributed by atoms with E-state index in [1.807, 2.05) is 0 Å². The number of halogens is 1. The number of rotatable bonds is 2. The van der Waals surface area contributed by atoms with Crippen LogP contribution in [0.1, 0.15) is 0 Å². The summed E-state index contributed by atoms with van der Waals surface area (Å²) >= 11 is 3.08. The molecule has 0 aliphatic carbocycles. The van der Waals surface area contributed by atoms with Gasteiger partial charge in [0.15, 0.2) is 5.82 Å². The molecular formula is C10H8BrN3O2. The highest BCUT2D eigenvalue weighted by Crippen LogP contribution is 2.15. The molecule has 2 aromatic heterocycles. The van der Waals surface area contributed by atoms with E-state index in [0.29, 0.717) is 21.9 Å². The Hall–Kier alpha value is -1.69. The molecule has 0 aromatic carbocycles. The topological polar surface area (TPSA) is 67.9 Å². The maximum Gasteiger partial charge on any atom is 0.265 e. The van der Waals surface area contributed by atoms with E-state index in [0.717, 1.165) is 0 Å². The Morgan fingerprint density at radius 2 is 2.25 bits per heavy atom. The summed E-state index contributed by atoms with van der Waals surface area (Å²) in [6, 6.07) is 5.25. The molecule has 82 valence electrons. The monoisotopic (exact) mass is 281 g/mol. The van der Waals surface area contributed by atoms with Crippen molar-refractivity contribution in [1.82, 2.24) is 15.0 Å². The SMILES string of the molecule is COc1cccc(-c2ncc(Br)c(=O)[nH]2)n1. The summed E-state index contributed by atoms with van der Waals surface area (Å²) in [6.07, 6.45) is 1.44. The van der Waals surface area contributed by atoms with Gasteiger partial charge in [-0.05, 0) is 22.0 Å². The third kappa shape index (κ3) is 2.11. The van der Waals surface area contributed by atoms with Gasteiger partial charge >= 0.3 is 0 Å². The Kier molecular flexibility index (Phi) is 3.00. The van der Waals surface area contributed by atoms with Crippen LogP contribution in [0.5, 0.6) is 5.88 Å². The minimum absolute atomic E-state index is 0.241. The van der Waals surface area contributed by atoms with E-state index >= 15 is 0 Å². The van der Waals surface area contributed by atoms with Crippen LogP contribution < -0.4 is 10.3 Å². The fraction of sp³-hybridized carbons (Fsp3) is 0.100. The van der Waals surface area contributed by atoms with Gasteiger partial charge in [0.2, 0.25) is 5.88 Å². The highest BCUT2D eigenvalue weighted by atomic mass is 79.9. The molecule has 6 heteroatoms. The summed E-state index contributed by atoms with van der Waals surface area (Å²) in [5.41, 5.74) is 0.318. The Labute approximate surface area is 99.7 Å². The number of methoxy groups -OCH3 is 1. The summed E-state index contributed by atoms with van der Waals surface area (Å²) < 4.78 is 5.38. The lowest BCUT2D eigenvalue weighted by atomic mass is 10.3. The first-order valence-electron chi connectivity index (χ1n) is 4.47. The molecule has 2 rings (SSSR count). The van der Waals surface area contributed by atoms with Crippen molar-refractivity contribution in [3.8, 4) is 17.4 Å². The Morgan fingerprint density at radius 3 is 2.94 bits per heavy atom. The van der Waals surface area contributed by atoms with Crippen molar-refractivity contribution in [3.63, 3.8) is 0 Å². The zero-order chi connectivity index (χ0) is 11.5. The summed E-state index contributed by atoms with van der Waals surface area (Å²) in [7, 11) is 1.53. The third-order valence-electron chi connectivity index (χ3n) is 1.93. The van der Waals surface area contributed by atoms with Crippen LogP contribution in [0.4, 0.5) is 0 Å². The maximum absolute atomic E-state index is 11.4. The molecule has 0 aliphatic rings. The molecule has 0 fully saturated rings. The van der Waals surface area contributed by atoms with Crippen molar-refractivity contribution in [3.05, 3.63) is 39.2 Å². The van der Waals surface area contributed by atoms with Crippen LogP contribution in [0, 0.1) is 0 Å². The molecule has 0 aliphatic heterocycles. The largest absolute Gasteiger partial charge is 0.481 e. The second kappa shape index (κ2) is 4.44. The van der Waals surface area contributed by atoms with Gasteiger partial charge in [0.05, 0.1) is 7.11 Å². The number of H-pyrrole nitrogens is 1. The van der Waals surface area contributed by atoms with Crippen molar-refractivity contribution < 1.29 is 4.74 Å². The molecular weight excluding hydrogens is 274 g/mol. The van der Waals surface area contributed by atoms with E-state index in [1.165, 1.54) is 13.3 Å². The highest BCUT2D eigenvalue weighted by Gasteiger charge is 2.05. The van der Waals surface area contributed by atoms with Gasteiger partial charge in [0.25, 0.3) is 5.56 Å². The number of aromatic amines is 1. The standard InChI is InChI=1S/C10H8BrN3O2/c1-16-8-4-2-3-7(13-8)9-12-5-6(11)10(15)14-9/h2-5H,1H3,(H,12,14,15). The van der Waals surface area contributed by atoms with Gasteiger partial charge < -0.3 is 9.72 Å². The number of hydrogen-bond acceptors (Lipinski definition) is 4. The fourth-order valence-corrected chi connectivity index (χ4v) is 1.37. The zero-order valence-corrected chi connectivity index (χ0v) is 9.98. The average Bonchev–Trinajstić information content (AvgIpc) is 2.33. The van der Waals surface area contributed by atoms with Crippen LogP contribution >= 0.6 is 15.9 Å². The Bertz CT molecular complexity index is 568. The van der Waals surface area contributed by atoms with Crippen LogP contribution in [-0.4, -0.2) is 22.1 Å². The van der Waals surface area contributed by atoms with Crippen LogP contribution in [0.15, 0.2) is 33.7 Å². The molecule has 0 amide bonds. The van der Waals surface area contributed by atoms with Gasteiger partial charge in [0.1, 0.15) is 10.2 Å². The molecule has 0 atom stereocenters. The van der Waals surface area contributed by atoms with Crippen molar-refractivity contribution in [2.24, 2.45) is 0 Å². The van der Waals surface area contributed by atoms with E-state index in [2.05, 4.69) is 30.9 Å². The van der Waals surface area contributed by atoms with Gasteiger partial charge in [-0.1, -0.05) is 6.07 Å². The van der Waals surface area contributed by atoms with Gasteiger partial charge in [0, 0.05) is 12.3 Å². The maximum atomic E-state index is 11.4. The van der Waals surface area contributed by atoms with Crippen molar-refractivity contribution >= 4 is 15.9 Å². The molecule has 16 heavy (non-hydrogen) atoms.